The van der Waals surface area contributed by atoms with Crippen molar-refractivity contribution in [2.45, 2.75) is 25.7 Å². The standard InChI is InChI=1S/C24H20F3NO4/c1-15(16-10-12-18(13-11-16)24(25,26)27)32-23(31)28-14-17-6-2-3-7-19(17)20-8-4-5-9-21(20)22(29)30/h2-13,15H,14H2,1H3,(H,28,31)(H,29,30). The topological polar surface area (TPSA) is 75.6 Å². The molecule has 0 bridgehead atoms. The number of hydrogen-bond acceptors (Lipinski definition) is 3. The molecule has 1 atom stereocenters. The van der Waals surface area contributed by atoms with Gasteiger partial charge in [0.05, 0.1) is 11.1 Å². The minimum absolute atomic E-state index is 0.0721. The number of rotatable bonds is 6. The van der Waals surface area contributed by atoms with Crippen LogP contribution >= 0.6 is 0 Å². The highest BCUT2D eigenvalue weighted by molar-refractivity contribution is 5.96. The van der Waals surface area contributed by atoms with E-state index in [0.29, 0.717) is 22.3 Å². The lowest BCUT2D eigenvalue weighted by atomic mass is 9.95. The van der Waals surface area contributed by atoms with E-state index in [2.05, 4.69) is 5.32 Å². The van der Waals surface area contributed by atoms with E-state index in [1.165, 1.54) is 18.2 Å². The first kappa shape index (κ1) is 22.9. The maximum absolute atomic E-state index is 12.7. The van der Waals surface area contributed by atoms with E-state index in [9.17, 15) is 27.9 Å². The van der Waals surface area contributed by atoms with Crippen LogP contribution in [0.25, 0.3) is 11.1 Å². The second kappa shape index (κ2) is 9.55. The van der Waals surface area contributed by atoms with Gasteiger partial charge in [0.25, 0.3) is 0 Å². The van der Waals surface area contributed by atoms with Crippen LogP contribution in [0.15, 0.2) is 72.8 Å². The average Bonchev–Trinajstić information content (AvgIpc) is 2.77. The van der Waals surface area contributed by atoms with Gasteiger partial charge in [-0.1, -0.05) is 54.6 Å². The van der Waals surface area contributed by atoms with Crippen molar-refractivity contribution in [3.8, 4) is 11.1 Å². The highest BCUT2D eigenvalue weighted by atomic mass is 19.4. The predicted octanol–water partition coefficient (Wildman–Crippen LogP) is 6.06. The van der Waals surface area contributed by atoms with Crippen molar-refractivity contribution < 1.29 is 32.6 Å². The number of amides is 1. The molecular weight excluding hydrogens is 423 g/mol. The second-order valence-electron chi connectivity index (χ2n) is 7.03. The van der Waals surface area contributed by atoms with Crippen molar-refractivity contribution in [3.05, 3.63) is 95.1 Å². The molecule has 0 aromatic heterocycles. The highest BCUT2D eigenvalue weighted by Gasteiger charge is 2.30. The molecule has 0 aliphatic rings. The fourth-order valence-electron chi connectivity index (χ4n) is 3.22. The molecule has 3 rings (SSSR count). The second-order valence-corrected chi connectivity index (χ2v) is 7.03. The number of aromatic carboxylic acids is 1. The summed E-state index contributed by atoms with van der Waals surface area (Å²) in [5, 5.41) is 12.1. The number of carboxylic acid groups (broad SMARTS) is 1. The molecule has 0 fully saturated rings. The third kappa shape index (κ3) is 5.46. The van der Waals surface area contributed by atoms with Gasteiger partial charge in [-0.05, 0) is 47.4 Å². The summed E-state index contributed by atoms with van der Waals surface area (Å²) in [5.41, 5.74) is 1.63. The predicted molar refractivity (Wildman–Crippen MR) is 112 cm³/mol. The smallest absolute Gasteiger partial charge is 0.416 e. The van der Waals surface area contributed by atoms with Crippen molar-refractivity contribution in [1.82, 2.24) is 5.32 Å². The zero-order valence-electron chi connectivity index (χ0n) is 17.0. The minimum atomic E-state index is -4.44. The molecule has 0 saturated heterocycles. The SMILES string of the molecule is CC(OC(=O)NCc1ccccc1-c1ccccc1C(=O)O)c1ccc(C(F)(F)F)cc1. The van der Waals surface area contributed by atoms with Gasteiger partial charge in [0.15, 0.2) is 0 Å². The fourth-order valence-corrected chi connectivity index (χ4v) is 3.22. The van der Waals surface area contributed by atoms with Gasteiger partial charge in [-0.3, -0.25) is 0 Å². The van der Waals surface area contributed by atoms with Crippen LogP contribution in [-0.2, 0) is 17.5 Å². The molecular formula is C24H20F3NO4. The summed E-state index contributed by atoms with van der Waals surface area (Å²) in [4.78, 5) is 23.8. The van der Waals surface area contributed by atoms with Crippen molar-refractivity contribution in [1.29, 1.82) is 0 Å². The van der Waals surface area contributed by atoms with Crippen LogP contribution in [0.4, 0.5) is 18.0 Å². The summed E-state index contributed by atoms with van der Waals surface area (Å²) in [6.45, 7) is 1.63. The van der Waals surface area contributed by atoms with E-state index in [0.717, 1.165) is 12.1 Å². The number of halogens is 3. The Morgan fingerprint density at radius 3 is 2.16 bits per heavy atom. The summed E-state index contributed by atoms with van der Waals surface area (Å²) < 4.78 is 43.3. The number of carbonyl (C=O) groups is 2. The molecule has 166 valence electrons. The van der Waals surface area contributed by atoms with Crippen molar-refractivity contribution >= 4 is 12.1 Å². The monoisotopic (exact) mass is 443 g/mol. The van der Waals surface area contributed by atoms with Gasteiger partial charge in [-0.15, -0.1) is 0 Å². The largest absolute Gasteiger partial charge is 0.478 e. The maximum atomic E-state index is 12.7. The Labute approximate surface area is 182 Å². The summed E-state index contributed by atoms with van der Waals surface area (Å²) in [6, 6.07) is 18.0. The number of alkyl halides is 3. The van der Waals surface area contributed by atoms with Crippen molar-refractivity contribution in [3.63, 3.8) is 0 Å². The quantitative estimate of drug-likeness (QED) is 0.486. The molecule has 2 N–H and O–H groups in total. The number of nitrogens with one attached hydrogen (secondary N) is 1. The summed E-state index contributed by atoms with van der Waals surface area (Å²) in [7, 11) is 0. The first-order valence-electron chi connectivity index (χ1n) is 9.69. The number of ether oxygens (including phenoxy) is 1. The van der Waals surface area contributed by atoms with Crippen LogP contribution in [0.3, 0.4) is 0 Å². The van der Waals surface area contributed by atoms with E-state index >= 15 is 0 Å². The third-order valence-corrected chi connectivity index (χ3v) is 4.88. The summed E-state index contributed by atoms with van der Waals surface area (Å²) in [5.74, 6) is -1.06. The van der Waals surface area contributed by atoms with Crippen LogP contribution in [0.1, 0.15) is 40.1 Å². The molecule has 0 heterocycles. The zero-order valence-corrected chi connectivity index (χ0v) is 17.0. The van der Waals surface area contributed by atoms with Crippen LogP contribution in [-0.4, -0.2) is 17.2 Å². The molecule has 3 aromatic rings. The lowest BCUT2D eigenvalue weighted by Gasteiger charge is -2.16. The Bertz CT molecular complexity index is 1110. The minimum Gasteiger partial charge on any atom is -0.478 e. The lowest BCUT2D eigenvalue weighted by Crippen LogP contribution is -2.25. The van der Waals surface area contributed by atoms with Gasteiger partial charge < -0.3 is 15.2 Å². The molecule has 0 saturated carbocycles. The van der Waals surface area contributed by atoms with Crippen LogP contribution < -0.4 is 5.32 Å². The summed E-state index contributed by atoms with van der Waals surface area (Å²) >= 11 is 0. The van der Waals surface area contributed by atoms with E-state index < -0.39 is 29.9 Å². The lowest BCUT2D eigenvalue weighted by molar-refractivity contribution is -0.137. The van der Waals surface area contributed by atoms with Gasteiger partial charge in [-0.2, -0.15) is 13.2 Å². The molecule has 1 unspecified atom stereocenters. The van der Waals surface area contributed by atoms with E-state index in [4.69, 9.17) is 4.74 Å². The van der Waals surface area contributed by atoms with Gasteiger partial charge in [-0.25, -0.2) is 9.59 Å². The Kier molecular flexibility index (Phi) is 6.82. The van der Waals surface area contributed by atoms with E-state index in [1.54, 1.807) is 49.4 Å². The maximum Gasteiger partial charge on any atom is 0.416 e. The molecule has 0 spiro atoms. The highest BCUT2D eigenvalue weighted by Crippen LogP contribution is 2.30. The normalized spacial score (nSPS) is 12.1. The van der Waals surface area contributed by atoms with Gasteiger partial charge in [0.2, 0.25) is 0 Å². The molecule has 0 aliphatic carbocycles. The van der Waals surface area contributed by atoms with Crippen molar-refractivity contribution in [2.24, 2.45) is 0 Å². The first-order chi connectivity index (χ1) is 15.2. The molecule has 3 aromatic carbocycles. The van der Waals surface area contributed by atoms with E-state index in [-0.39, 0.29) is 12.1 Å². The van der Waals surface area contributed by atoms with Gasteiger partial charge >= 0.3 is 18.2 Å². The molecule has 1 amide bonds. The molecule has 8 heteroatoms. The van der Waals surface area contributed by atoms with E-state index in [1.807, 2.05) is 0 Å². The Morgan fingerprint density at radius 2 is 1.53 bits per heavy atom. The molecule has 32 heavy (non-hydrogen) atoms. The van der Waals surface area contributed by atoms with Gasteiger partial charge in [0, 0.05) is 6.54 Å². The molecule has 0 aliphatic heterocycles. The first-order valence-corrected chi connectivity index (χ1v) is 9.69. The Hall–Kier alpha value is -3.81. The Balaban J connectivity index is 1.68. The molecule has 0 radical (unpaired) electrons. The summed E-state index contributed by atoms with van der Waals surface area (Å²) in [6.07, 6.45) is -5.95. The van der Waals surface area contributed by atoms with Gasteiger partial charge in [0.1, 0.15) is 6.10 Å². The number of alkyl carbamates (subject to hydrolysis) is 1. The fraction of sp³-hybridized carbons (Fsp3) is 0.167. The third-order valence-electron chi connectivity index (χ3n) is 4.88. The van der Waals surface area contributed by atoms with Crippen molar-refractivity contribution in [2.75, 3.05) is 0 Å². The van der Waals surface area contributed by atoms with Crippen LogP contribution in [0, 0.1) is 0 Å². The number of carboxylic acids is 1. The zero-order chi connectivity index (χ0) is 23.3. The number of hydrogen-bond donors (Lipinski definition) is 2. The number of carbonyl (C=O) groups excluding carboxylic acids is 1. The van der Waals surface area contributed by atoms with Crippen LogP contribution in [0.5, 0.6) is 0 Å². The molecule has 5 nitrogen and oxygen atoms in total. The number of benzene rings is 3. The Morgan fingerprint density at radius 1 is 0.938 bits per heavy atom. The van der Waals surface area contributed by atoms with Crippen LogP contribution in [0.2, 0.25) is 0 Å². The average molecular weight is 443 g/mol.